The number of ether oxygens (including phenoxy) is 1. The predicted molar refractivity (Wildman–Crippen MR) is 310 cm³/mol. The molecule has 10 aromatic heterocycles. The molecule has 0 unspecified atom stereocenters. The number of aromatic carboxylic acids is 2. The van der Waals surface area contributed by atoms with Crippen LogP contribution in [0.5, 0.6) is 5.88 Å². The Morgan fingerprint density at radius 2 is 0.770 bits per heavy atom. The van der Waals surface area contributed by atoms with Gasteiger partial charge in [-0.05, 0) is 46.8 Å². The first-order valence-electron chi connectivity index (χ1n) is 25.3. The lowest BCUT2D eigenvalue weighted by atomic mass is 10.1. The number of carboxylic acids is 2. The zero-order chi connectivity index (χ0) is 64.0. The Balaban J connectivity index is 0.000000174. The number of methoxy groups -OCH3 is 1. The highest BCUT2D eigenvalue weighted by Crippen LogP contribution is 2.31. The first-order chi connectivity index (χ1) is 41.4. The van der Waals surface area contributed by atoms with Crippen molar-refractivity contribution < 1.29 is 54.2 Å². The Morgan fingerprint density at radius 3 is 1.13 bits per heavy atom. The molecule has 5 N–H and O–H groups in total. The van der Waals surface area contributed by atoms with Crippen LogP contribution in [0.15, 0.2) is 74.5 Å². The molecule has 0 spiro atoms. The summed E-state index contributed by atoms with van der Waals surface area (Å²) in [6.45, 7) is 7.36. The summed E-state index contributed by atoms with van der Waals surface area (Å²) in [4.78, 5) is 97.8. The summed E-state index contributed by atoms with van der Waals surface area (Å²) in [5, 5.41) is 65.6. The number of aryl methyl sites for hydroxylation is 9. The normalized spacial score (nSPS) is 10.5. The average molecular weight is 1230 g/mol. The quantitative estimate of drug-likeness (QED) is 0.0954. The maximum absolute atomic E-state index is 11.8. The number of aliphatic hydroxyl groups is 3. The summed E-state index contributed by atoms with van der Waals surface area (Å²) < 4.78 is 12.0. The first kappa shape index (κ1) is 65.8. The minimum absolute atomic E-state index is 0.0422. The van der Waals surface area contributed by atoms with Crippen molar-refractivity contribution in [1.82, 2.24) is 98.7 Å². The second kappa shape index (κ2) is 29.5. The number of Topliss-reactive ketones (excluding diaryl/α,β-unsaturated/α-hetero) is 3. The second-order valence-corrected chi connectivity index (χ2v) is 19.0. The summed E-state index contributed by atoms with van der Waals surface area (Å²) in [7, 11) is 9.56. The van der Waals surface area contributed by atoms with Gasteiger partial charge in [-0.3, -0.25) is 37.8 Å². The molecule has 0 aromatic carbocycles. The number of aromatic nitrogens is 20. The third-order valence-electron chi connectivity index (χ3n) is 12.1. The SMILES string of the molecule is COc1ncnc(-c2cnn(C)c2C(=O)CO)c1C.Cc1cc(-c2cnn(C)c2C(=O)CO)nc(C)n1.Cc1cc(-c2cnn(C)c2C(=O)O)nc(C)n1.Cn1ncc(-c2ncncc2Cl)c1C(=O)CO.Cn1ncc(-c2ncncc2Cl)c1C(=O)O. The van der Waals surface area contributed by atoms with Gasteiger partial charge < -0.3 is 30.3 Å². The molecule has 0 aliphatic heterocycles. The van der Waals surface area contributed by atoms with Crippen LogP contribution in [0.2, 0.25) is 10.0 Å². The number of carbonyl (C=O) groups excluding carboxylic acids is 3. The number of hydrogen-bond acceptors (Lipinski definition) is 24. The second-order valence-electron chi connectivity index (χ2n) is 18.2. The Labute approximate surface area is 504 Å². The van der Waals surface area contributed by atoms with Crippen molar-refractivity contribution >= 4 is 52.5 Å². The molecule has 0 bridgehead atoms. The van der Waals surface area contributed by atoms with Crippen LogP contribution in [0.25, 0.3) is 56.3 Å². The number of rotatable bonds is 14. The topological polar surface area (TPSA) is 414 Å². The van der Waals surface area contributed by atoms with E-state index in [-0.39, 0.29) is 27.9 Å². The number of ketones is 3. The Bertz CT molecular complexity index is 4110. The molecular weight excluding hydrogens is 1180 g/mol. The van der Waals surface area contributed by atoms with Crippen LogP contribution in [-0.2, 0) is 35.2 Å². The van der Waals surface area contributed by atoms with Gasteiger partial charge in [0, 0.05) is 75.7 Å². The van der Waals surface area contributed by atoms with Gasteiger partial charge in [0.05, 0.1) is 93.3 Å². The molecule has 0 aliphatic rings. The van der Waals surface area contributed by atoms with E-state index in [0.717, 1.165) is 11.4 Å². The van der Waals surface area contributed by atoms with Gasteiger partial charge in [-0.2, -0.15) is 25.5 Å². The third kappa shape index (κ3) is 15.5. The number of hydrogen-bond donors (Lipinski definition) is 5. The van der Waals surface area contributed by atoms with E-state index in [2.05, 4.69) is 75.3 Å². The minimum atomic E-state index is -1.08. The van der Waals surface area contributed by atoms with E-state index in [4.69, 9.17) is 53.5 Å². The third-order valence-corrected chi connectivity index (χ3v) is 12.7. The molecule has 31 nitrogen and oxygen atoms in total. The lowest BCUT2D eigenvalue weighted by molar-refractivity contribution is 0.0675. The monoisotopic (exact) mass is 1230 g/mol. The predicted octanol–water partition coefficient (Wildman–Crippen LogP) is 4.16. The van der Waals surface area contributed by atoms with E-state index in [1.165, 1.54) is 86.7 Å². The first-order valence-corrected chi connectivity index (χ1v) is 26.0. The van der Waals surface area contributed by atoms with Crippen LogP contribution in [0.3, 0.4) is 0 Å². The molecule has 0 saturated carbocycles. The minimum Gasteiger partial charge on any atom is -0.481 e. The molecule has 0 radical (unpaired) electrons. The van der Waals surface area contributed by atoms with E-state index in [1.54, 1.807) is 74.3 Å². The molecule has 10 aromatic rings. The van der Waals surface area contributed by atoms with Crippen LogP contribution in [-0.4, -0.2) is 180 Å². The summed E-state index contributed by atoms with van der Waals surface area (Å²) in [5.74, 6) is -1.63. The van der Waals surface area contributed by atoms with Crippen molar-refractivity contribution in [2.45, 2.75) is 34.6 Å². The van der Waals surface area contributed by atoms with Crippen LogP contribution in [0.1, 0.15) is 81.0 Å². The van der Waals surface area contributed by atoms with Gasteiger partial charge in [-0.15, -0.1) is 0 Å². The standard InChI is InChI=1S/C12H14N4O3.C12H14N4O2.C11H12N4O2.C10H9ClN4O2.C9H7ClN4O2/c1-7-10(13-6-14-12(7)19-3)8-4-15-16(2)11(8)9(18)5-17;1-7-4-10(15-8(2)14-7)9-5-13-16(3)12(9)11(18)6-17;1-6-4-9(14-7(2)13-6)8-5-12-15(3)10(8)11(16)17;1-15-10(8(17)4-16)6(2-14-15)9-7(11)3-12-5-13-9;1-14-8(9(15)16)5(2-13-14)7-6(10)3-11-4-12-7/h4,6,17H,5H2,1-3H3;4-5,17H,6H2,1-3H3;4-5H,1-3H3,(H,16,17);2-3,5,16H,4H2,1H3;2-4H,1H3,(H,15,16). The van der Waals surface area contributed by atoms with Gasteiger partial charge in [-0.1, -0.05) is 23.2 Å². The zero-order valence-corrected chi connectivity index (χ0v) is 49.9. The molecule has 87 heavy (non-hydrogen) atoms. The fourth-order valence-corrected chi connectivity index (χ4v) is 8.86. The van der Waals surface area contributed by atoms with Gasteiger partial charge in [0.1, 0.15) is 67.5 Å². The zero-order valence-electron chi connectivity index (χ0n) is 48.4. The van der Waals surface area contributed by atoms with Crippen molar-refractivity contribution in [3.05, 3.63) is 142 Å². The van der Waals surface area contributed by atoms with Crippen molar-refractivity contribution in [3.8, 4) is 62.2 Å². The Kier molecular flexibility index (Phi) is 22.3. The maximum atomic E-state index is 11.8. The highest BCUT2D eigenvalue weighted by molar-refractivity contribution is 6.33. The van der Waals surface area contributed by atoms with Crippen molar-refractivity contribution in [3.63, 3.8) is 0 Å². The summed E-state index contributed by atoms with van der Waals surface area (Å²) in [6.07, 6.45) is 14.4. The summed E-state index contributed by atoms with van der Waals surface area (Å²) in [6, 6.07) is 3.54. The Morgan fingerprint density at radius 1 is 0.448 bits per heavy atom. The van der Waals surface area contributed by atoms with Crippen molar-refractivity contribution in [2.75, 3.05) is 26.9 Å². The molecule has 33 heteroatoms. The molecular formula is C54H56Cl2N20O11. The molecule has 10 heterocycles. The van der Waals surface area contributed by atoms with Crippen molar-refractivity contribution in [2.24, 2.45) is 35.2 Å². The summed E-state index contributed by atoms with van der Waals surface area (Å²) >= 11 is 11.8. The lowest BCUT2D eigenvalue weighted by Crippen LogP contribution is -2.12. The van der Waals surface area contributed by atoms with Gasteiger partial charge in [0.2, 0.25) is 23.2 Å². The van der Waals surface area contributed by atoms with Crippen LogP contribution >= 0.6 is 23.2 Å². The maximum Gasteiger partial charge on any atom is 0.354 e. The van der Waals surface area contributed by atoms with Crippen LogP contribution in [0, 0.1) is 34.6 Å². The molecule has 452 valence electrons. The van der Waals surface area contributed by atoms with E-state index >= 15 is 0 Å². The molecule has 0 fully saturated rings. The average Bonchev–Trinajstić information content (AvgIpc) is 2.41. The largest absolute Gasteiger partial charge is 0.481 e. The van der Waals surface area contributed by atoms with E-state index in [1.807, 2.05) is 13.8 Å². The highest BCUT2D eigenvalue weighted by Gasteiger charge is 2.24. The molecule has 0 atom stereocenters. The van der Waals surface area contributed by atoms with Gasteiger partial charge in [0.15, 0.2) is 11.4 Å². The van der Waals surface area contributed by atoms with Crippen LogP contribution < -0.4 is 4.74 Å². The number of nitrogens with zero attached hydrogens (tertiary/aromatic N) is 20. The smallest absolute Gasteiger partial charge is 0.354 e. The fourth-order valence-electron chi connectivity index (χ4n) is 8.45. The van der Waals surface area contributed by atoms with Gasteiger partial charge >= 0.3 is 11.9 Å². The number of halogens is 2. The van der Waals surface area contributed by atoms with Gasteiger partial charge in [-0.25, -0.2) is 59.4 Å². The Hall–Kier alpha value is -10.3. The number of aliphatic hydroxyl groups excluding tert-OH is 3. The fraction of sp³-hybridized carbons (Fsp3) is 0.259. The highest BCUT2D eigenvalue weighted by atomic mass is 35.5. The van der Waals surface area contributed by atoms with E-state index in [9.17, 15) is 24.0 Å². The molecule has 0 saturated heterocycles. The lowest BCUT2D eigenvalue weighted by Gasteiger charge is -2.08. The van der Waals surface area contributed by atoms with Crippen molar-refractivity contribution in [1.29, 1.82) is 0 Å². The number of carboxylic acid groups (broad SMARTS) is 2. The van der Waals surface area contributed by atoms with Gasteiger partial charge in [0.25, 0.3) is 0 Å². The van der Waals surface area contributed by atoms with E-state index in [0.29, 0.717) is 95.8 Å². The molecule has 0 aliphatic carbocycles. The molecule has 0 amide bonds. The van der Waals surface area contributed by atoms with E-state index < -0.39 is 43.3 Å². The molecule has 10 rings (SSSR count). The number of carbonyl (C=O) groups is 5. The van der Waals surface area contributed by atoms with Crippen LogP contribution in [0.4, 0.5) is 0 Å². The summed E-state index contributed by atoms with van der Waals surface area (Å²) in [5.41, 5.74) is 8.56.